The first-order valence-corrected chi connectivity index (χ1v) is 2.09. The van der Waals surface area contributed by atoms with Crippen molar-refractivity contribution in [3.63, 3.8) is 0 Å². The van der Waals surface area contributed by atoms with Gasteiger partial charge in [0.05, 0.1) is 0 Å². The summed E-state index contributed by atoms with van der Waals surface area (Å²) in [6.07, 6.45) is 1.29. The molecular weight excluding hydrogens is 94.0 g/mol. The van der Waals surface area contributed by atoms with Gasteiger partial charge >= 0.3 is 0 Å². The van der Waals surface area contributed by atoms with Gasteiger partial charge in [0.25, 0.3) is 6.40 Å². The molecule has 1 radical (unpaired) electrons. The Hall–Kier alpha value is -0.570. The molecule has 7 heavy (non-hydrogen) atoms. The minimum atomic E-state index is -0.694. The summed E-state index contributed by atoms with van der Waals surface area (Å²) in [6, 6.07) is 0. The summed E-state index contributed by atoms with van der Waals surface area (Å²) in [5.41, 5.74) is 0. The molecule has 0 saturated carbocycles. The highest BCUT2D eigenvalue weighted by Crippen LogP contribution is 2.03. The van der Waals surface area contributed by atoms with Gasteiger partial charge in [0, 0.05) is 0 Å². The quantitative estimate of drug-likeness (QED) is 0.451. The van der Waals surface area contributed by atoms with E-state index in [1.54, 1.807) is 6.92 Å². The summed E-state index contributed by atoms with van der Waals surface area (Å²) >= 11 is 0. The van der Waals surface area contributed by atoms with Gasteiger partial charge in [0.1, 0.15) is 6.10 Å². The summed E-state index contributed by atoms with van der Waals surface area (Å²) in [4.78, 5) is 3.40. The van der Waals surface area contributed by atoms with Gasteiger partial charge in [0.2, 0.25) is 0 Å². The zero-order valence-electron chi connectivity index (χ0n) is 3.96. The van der Waals surface area contributed by atoms with Gasteiger partial charge in [-0.3, -0.25) is 0 Å². The second-order valence-electron chi connectivity index (χ2n) is 1.46. The molecule has 1 aliphatic heterocycles. The van der Waals surface area contributed by atoms with Crippen molar-refractivity contribution in [1.29, 1.82) is 0 Å². The van der Waals surface area contributed by atoms with E-state index >= 15 is 0 Å². The Morgan fingerprint density at radius 1 is 1.86 bits per heavy atom. The molecule has 1 aliphatic rings. The number of ether oxygens (including phenoxy) is 1. The molecule has 3 heteroatoms. The van der Waals surface area contributed by atoms with Crippen LogP contribution in [0.4, 0.5) is 0 Å². The van der Waals surface area contributed by atoms with E-state index in [1.165, 1.54) is 0 Å². The largest absolute Gasteiger partial charge is 0.466 e. The van der Waals surface area contributed by atoms with Gasteiger partial charge in [-0.05, 0) is 6.92 Å². The molecule has 1 unspecified atom stereocenters. The molecule has 0 bridgehead atoms. The lowest BCUT2D eigenvalue weighted by atomic mass is 10.4. The SMILES string of the molecule is C[C@@H]1O[C]=NC1O. The van der Waals surface area contributed by atoms with Gasteiger partial charge in [-0.15, -0.1) is 0 Å². The fourth-order valence-corrected chi connectivity index (χ4v) is 0.333. The lowest BCUT2D eigenvalue weighted by Gasteiger charge is -2.02. The van der Waals surface area contributed by atoms with Crippen LogP contribution >= 0.6 is 0 Å². The fraction of sp³-hybridized carbons (Fsp3) is 0.750. The molecule has 3 nitrogen and oxygen atoms in total. The number of rotatable bonds is 0. The first-order valence-electron chi connectivity index (χ1n) is 2.09. The molecule has 0 spiro atoms. The van der Waals surface area contributed by atoms with Crippen molar-refractivity contribution >= 4 is 6.40 Å². The number of hydrogen-bond donors (Lipinski definition) is 1. The minimum absolute atomic E-state index is 0.208. The molecule has 0 aromatic heterocycles. The number of aliphatic hydroxyl groups excluding tert-OH is 1. The zero-order valence-corrected chi connectivity index (χ0v) is 3.96. The monoisotopic (exact) mass is 100 g/mol. The van der Waals surface area contributed by atoms with Crippen molar-refractivity contribution in [2.24, 2.45) is 4.99 Å². The van der Waals surface area contributed by atoms with Crippen molar-refractivity contribution in [2.75, 3.05) is 0 Å². The molecule has 0 amide bonds. The van der Waals surface area contributed by atoms with E-state index in [0.717, 1.165) is 0 Å². The van der Waals surface area contributed by atoms with Crippen LogP contribution in [-0.4, -0.2) is 23.8 Å². The van der Waals surface area contributed by atoms with Crippen molar-refractivity contribution in [2.45, 2.75) is 19.3 Å². The average molecular weight is 100 g/mol. The van der Waals surface area contributed by atoms with Crippen LogP contribution in [-0.2, 0) is 4.74 Å². The summed E-state index contributed by atoms with van der Waals surface area (Å²) in [7, 11) is 0. The normalized spacial score (nSPS) is 38.6. The number of nitrogens with zero attached hydrogens (tertiary/aromatic N) is 1. The van der Waals surface area contributed by atoms with E-state index in [2.05, 4.69) is 16.1 Å². The molecule has 0 aromatic carbocycles. The van der Waals surface area contributed by atoms with Crippen LogP contribution in [0.1, 0.15) is 6.92 Å². The third-order valence-electron chi connectivity index (χ3n) is 0.843. The van der Waals surface area contributed by atoms with Crippen LogP contribution in [0.25, 0.3) is 0 Å². The Morgan fingerprint density at radius 3 is 2.71 bits per heavy atom. The van der Waals surface area contributed by atoms with E-state index in [4.69, 9.17) is 5.11 Å². The fourth-order valence-electron chi connectivity index (χ4n) is 0.333. The van der Waals surface area contributed by atoms with Crippen molar-refractivity contribution in [3.05, 3.63) is 0 Å². The van der Waals surface area contributed by atoms with Gasteiger partial charge in [-0.2, -0.15) is 0 Å². The van der Waals surface area contributed by atoms with Crippen LogP contribution in [0.5, 0.6) is 0 Å². The number of aliphatic hydroxyl groups is 1. The van der Waals surface area contributed by atoms with Crippen molar-refractivity contribution in [1.82, 2.24) is 0 Å². The summed E-state index contributed by atoms with van der Waals surface area (Å²) in [6.45, 7) is 1.73. The second-order valence-corrected chi connectivity index (χ2v) is 1.46. The standard InChI is InChI=1S/C4H6NO2/c1-3-4(6)5-2-7-3/h3-4,6H,1H3/t3-,4?/m0/s1. The Bertz CT molecular complexity index is 91.7. The van der Waals surface area contributed by atoms with Crippen LogP contribution in [0.2, 0.25) is 0 Å². The maximum absolute atomic E-state index is 8.64. The van der Waals surface area contributed by atoms with Crippen LogP contribution < -0.4 is 0 Å². The van der Waals surface area contributed by atoms with E-state index in [0.29, 0.717) is 0 Å². The lowest BCUT2D eigenvalue weighted by molar-refractivity contribution is 0.0789. The van der Waals surface area contributed by atoms with Crippen LogP contribution in [0, 0.1) is 0 Å². The van der Waals surface area contributed by atoms with Crippen LogP contribution in [0.3, 0.4) is 0 Å². The third-order valence-corrected chi connectivity index (χ3v) is 0.843. The third kappa shape index (κ3) is 0.718. The smallest absolute Gasteiger partial charge is 0.276 e. The van der Waals surface area contributed by atoms with Gasteiger partial charge < -0.3 is 9.84 Å². The van der Waals surface area contributed by atoms with E-state index in [-0.39, 0.29) is 6.10 Å². The molecule has 1 N–H and O–H groups in total. The van der Waals surface area contributed by atoms with Crippen molar-refractivity contribution < 1.29 is 9.84 Å². The molecule has 0 aliphatic carbocycles. The topological polar surface area (TPSA) is 41.8 Å². The lowest BCUT2D eigenvalue weighted by Crippen LogP contribution is -2.16. The second kappa shape index (κ2) is 1.50. The summed E-state index contributed by atoms with van der Waals surface area (Å²) < 4.78 is 4.60. The molecule has 0 fully saturated rings. The Labute approximate surface area is 41.6 Å². The molecule has 0 saturated heterocycles. The first kappa shape index (κ1) is 4.59. The highest BCUT2D eigenvalue weighted by Gasteiger charge is 2.17. The maximum atomic E-state index is 8.64. The average Bonchev–Trinajstić information content (AvgIpc) is 1.91. The maximum Gasteiger partial charge on any atom is 0.276 e. The highest BCUT2D eigenvalue weighted by atomic mass is 16.5. The summed E-state index contributed by atoms with van der Waals surface area (Å²) in [5.74, 6) is 0. The number of hydrogen-bond acceptors (Lipinski definition) is 3. The Kier molecular flexibility index (Phi) is 0.982. The van der Waals surface area contributed by atoms with Gasteiger partial charge in [-0.25, -0.2) is 4.99 Å². The molecule has 1 rings (SSSR count). The zero-order chi connectivity index (χ0) is 5.28. The predicted octanol–water partition coefficient (Wildman–Crippen LogP) is -0.371. The van der Waals surface area contributed by atoms with E-state index in [9.17, 15) is 0 Å². The number of aliphatic imine (C=N–C) groups is 1. The van der Waals surface area contributed by atoms with Crippen LogP contribution in [0.15, 0.2) is 4.99 Å². The summed E-state index contributed by atoms with van der Waals surface area (Å²) in [5, 5.41) is 8.64. The molecule has 2 atom stereocenters. The van der Waals surface area contributed by atoms with Crippen molar-refractivity contribution in [3.8, 4) is 0 Å². The van der Waals surface area contributed by atoms with E-state index in [1.807, 2.05) is 0 Å². The molecule has 39 valence electrons. The predicted molar refractivity (Wildman–Crippen MR) is 24.0 cm³/mol. The Morgan fingerprint density at radius 2 is 2.57 bits per heavy atom. The highest BCUT2D eigenvalue weighted by molar-refractivity contribution is 5.49. The van der Waals surface area contributed by atoms with Gasteiger partial charge in [0.15, 0.2) is 6.23 Å². The minimum Gasteiger partial charge on any atom is -0.466 e. The first-order chi connectivity index (χ1) is 3.30. The molecule has 0 aromatic rings. The molecular formula is C4H6NO2. The van der Waals surface area contributed by atoms with E-state index < -0.39 is 6.23 Å². The molecule has 1 heterocycles. The Balaban J connectivity index is 2.45. The van der Waals surface area contributed by atoms with Gasteiger partial charge in [-0.1, -0.05) is 0 Å².